The minimum absolute atomic E-state index is 0.202. The average Bonchev–Trinajstić information content (AvgIpc) is 2.27. The fourth-order valence-corrected chi connectivity index (χ4v) is 2.04. The Bertz CT molecular complexity index is 429. The van der Waals surface area contributed by atoms with Crippen LogP contribution in [0.5, 0.6) is 0 Å². The molecule has 90 valence electrons. The number of aromatic nitrogens is 1. The van der Waals surface area contributed by atoms with Gasteiger partial charge in [0.25, 0.3) is 0 Å². The van der Waals surface area contributed by atoms with Gasteiger partial charge in [0.1, 0.15) is 0 Å². The molecule has 0 aromatic carbocycles. The Balaban J connectivity index is 2.35. The Morgan fingerprint density at radius 2 is 2.19 bits per heavy atom. The van der Waals surface area contributed by atoms with Crippen molar-refractivity contribution in [2.75, 3.05) is 18.1 Å². The molecule has 1 aromatic heterocycles. The van der Waals surface area contributed by atoms with Crippen molar-refractivity contribution in [2.24, 2.45) is 0 Å². The number of hydrogen-bond acceptors (Lipinski definition) is 4. The van der Waals surface area contributed by atoms with Crippen LogP contribution in [0.3, 0.4) is 0 Å². The topological polar surface area (TPSA) is 59.1 Å². The van der Waals surface area contributed by atoms with Crippen LogP contribution in [0.2, 0.25) is 0 Å². The van der Waals surface area contributed by atoms with E-state index in [2.05, 4.69) is 10.3 Å². The third-order valence-electron chi connectivity index (χ3n) is 2.48. The summed E-state index contributed by atoms with van der Waals surface area (Å²) in [5.74, 6) is 0.413. The zero-order valence-corrected chi connectivity index (χ0v) is 10.5. The number of nitrogens with one attached hydrogen (secondary N) is 1. The van der Waals surface area contributed by atoms with E-state index in [0.717, 1.165) is 11.1 Å². The normalized spacial score (nSPS) is 11.6. The first-order chi connectivity index (χ1) is 7.55. The van der Waals surface area contributed by atoms with Gasteiger partial charge < -0.3 is 5.32 Å². The molecule has 16 heavy (non-hydrogen) atoms. The van der Waals surface area contributed by atoms with Crippen molar-refractivity contribution in [1.82, 2.24) is 10.3 Å². The van der Waals surface area contributed by atoms with Gasteiger partial charge in [0, 0.05) is 31.2 Å². The first kappa shape index (κ1) is 13.1. The molecule has 0 unspecified atom stereocenters. The molecule has 0 spiro atoms. The monoisotopic (exact) mass is 242 g/mol. The van der Waals surface area contributed by atoms with E-state index in [0.29, 0.717) is 13.1 Å². The van der Waals surface area contributed by atoms with Crippen LogP contribution in [0.4, 0.5) is 0 Å². The number of aryl methyl sites for hydroxylation is 1. The zero-order valence-electron chi connectivity index (χ0n) is 9.73. The summed E-state index contributed by atoms with van der Waals surface area (Å²) in [6.07, 6.45) is 3.55. The third kappa shape index (κ3) is 4.28. The van der Waals surface area contributed by atoms with Crippen molar-refractivity contribution < 1.29 is 8.42 Å². The highest BCUT2D eigenvalue weighted by Gasteiger charge is 2.06. The molecule has 1 N–H and O–H groups in total. The smallest absolute Gasteiger partial charge is 0.151 e. The van der Waals surface area contributed by atoms with E-state index in [1.165, 1.54) is 0 Å². The SMILES string of the molecule is CCS(=O)(=O)CCNCc1ccncc1C. The molecule has 0 bridgehead atoms. The highest BCUT2D eigenvalue weighted by molar-refractivity contribution is 7.91. The second-order valence-corrected chi connectivity index (χ2v) is 6.19. The standard InChI is InChI=1S/C11H18N2O2S/c1-3-16(14,15)7-6-13-9-11-4-5-12-8-10(11)2/h4-5,8,13H,3,6-7,9H2,1-2H3. The molecule has 0 aliphatic heterocycles. The lowest BCUT2D eigenvalue weighted by Gasteiger charge is -2.07. The highest BCUT2D eigenvalue weighted by atomic mass is 32.2. The molecule has 0 aliphatic carbocycles. The van der Waals surface area contributed by atoms with Crippen LogP contribution in [0.1, 0.15) is 18.1 Å². The molecule has 0 radical (unpaired) electrons. The van der Waals surface area contributed by atoms with Gasteiger partial charge in [-0.2, -0.15) is 0 Å². The van der Waals surface area contributed by atoms with Gasteiger partial charge >= 0.3 is 0 Å². The Morgan fingerprint density at radius 3 is 2.81 bits per heavy atom. The maximum absolute atomic E-state index is 11.2. The Hall–Kier alpha value is -0.940. The van der Waals surface area contributed by atoms with E-state index < -0.39 is 9.84 Å². The van der Waals surface area contributed by atoms with Crippen LogP contribution < -0.4 is 5.32 Å². The second-order valence-electron chi connectivity index (χ2n) is 3.72. The predicted molar refractivity (Wildman–Crippen MR) is 65.0 cm³/mol. The quantitative estimate of drug-likeness (QED) is 0.753. The van der Waals surface area contributed by atoms with E-state index >= 15 is 0 Å². The van der Waals surface area contributed by atoms with Gasteiger partial charge in [-0.05, 0) is 24.1 Å². The summed E-state index contributed by atoms with van der Waals surface area (Å²) in [6.45, 7) is 4.85. The summed E-state index contributed by atoms with van der Waals surface area (Å²) in [7, 11) is -2.86. The van der Waals surface area contributed by atoms with E-state index in [4.69, 9.17) is 0 Å². The average molecular weight is 242 g/mol. The molecule has 1 heterocycles. The molecular formula is C11H18N2O2S. The highest BCUT2D eigenvalue weighted by Crippen LogP contribution is 2.03. The van der Waals surface area contributed by atoms with Crippen LogP contribution in [-0.4, -0.2) is 31.5 Å². The predicted octanol–water partition coefficient (Wildman–Crippen LogP) is 0.914. The second kappa shape index (κ2) is 5.96. The van der Waals surface area contributed by atoms with Crippen molar-refractivity contribution in [3.8, 4) is 0 Å². The molecule has 1 aromatic rings. The molecule has 5 heteroatoms. The molecule has 0 amide bonds. The Morgan fingerprint density at radius 1 is 1.44 bits per heavy atom. The minimum atomic E-state index is -2.86. The van der Waals surface area contributed by atoms with Crippen molar-refractivity contribution in [3.05, 3.63) is 29.6 Å². The van der Waals surface area contributed by atoms with Crippen molar-refractivity contribution in [2.45, 2.75) is 20.4 Å². The molecule has 1 rings (SSSR count). The number of hydrogen-bond donors (Lipinski definition) is 1. The summed E-state index contributed by atoms with van der Waals surface area (Å²) < 4.78 is 22.5. The summed E-state index contributed by atoms with van der Waals surface area (Å²) in [5.41, 5.74) is 2.28. The van der Waals surface area contributed by atoms with E-state index in [1.807, 2.05) is 13.0 Å². The lowest BCUT2D eigenvalue weighted by atomic mass is 10.1. The summed E-state index contributed by atoms with van der Waals surface area (Å²) >= 11 is 0. The molecule has 0 atom stereocenters. The fourth-order valence-electron chi connectivity index (χ4n) is 1.30. The first-order valence-electron chi connectivity index (χ1n) is 5.36. The van der Waals surface area contributed by atoms with Gasteiger partial charge in [-0.3, -0.25) is 4.98 Å². The van der Waals surface area contributed by atoms with Gasteiger partial charge in [-0.15, -0.1) is 0 Å². The van der Waals surface area contributed by atoms with Crippen molar-refractivity contribution in [1.29, 1.82) is 0 Å². The Kier molecular flexibility index (Phi) is 4.89. The largest absolute Gasteiger partial charge is 0.312 e. The van der Waals surface area contributed by atoms with E-state index in [1.54, 1.807) is 19.3 Å². The lowest BCUT2D eigenvalue weighted by molar-refractivity contribution is 0.591. The van der Waals surface area contributed by atoms with Gasteiger partial charge in [-0.25, -0.2) is 8.42 Å². The first-order valence-corrected chi connectivity index (χ1v) is 7.18. The van der Waals surface area contributed by atoms with Crippen LogP contribution in [0.25, 0.3) is 0 Å². The molecule has 0 saturated carbocycles. The van der Waals surface area contributed by atoms with Gasteiger partial charge in [0.2, 0.25) is 0 Å². The molecular weight excluding hydrogens is 224 g/mol. The van der Waals surface area contributed by atoms with Crippen LogP contribution in [0, 0.1) is 6.92 Å². The zero-order chi connectivity index (χ0) is 12.0. The number of nitrogens with zero attached hydrogens (tertiary/aromatic N) is 1. The van der Waals surface area contributed by atoms with E-state index in [9.17, 15) is 8.42 Å². The molecule has 0 fully saturated rings. The van der Waals surface area contributed by atoms with Crippen molar-refractivity contribution in [3.63, 3.8) is 0 Å². The number of pyridine rings is 1. The molecule has 0 aliphatic rings. The summed E-state index contributed by atoms with van der Waals surface area (Å²) in [6, 6.07) is 1.94. The maximum Gasteiger partial charge on any atom is 0.151 e. The van der Waals surface area contributed by atoms with Crippen molar-refractivity contribution >= 4 is 9.84 Å². The number of rotatable bonds is 6. The fraction of sp³-hybridized carbons (Fsp3) is 0.545. The Labute approximate surface area is 97.0 Å². The third-order valence-corrected chi connectivity index (χ3v) is 4.19. The minimum Gasteiger partial charge on any atom is -0.312 e. The van der Waals surface area contributed by atoms with Gasteiger partial charge in [0.15, 0.2) is 9.84 Å². The maximum atomic E-state index is 11.2. The molecule has 0 saturated heterocycles. The van der Waals surface area contributed by atoms with Gasteiger partial charge in [0.05, 0.1) is 5.75 Å². The molecule has 4 nitrogen and oxygen atoms in total. The van der Waals surface area contributed by atoms with E-state index in [-0.39, 0.29) is 11.5 Å². The van der Waals surface area contributed by atoms with Crippen LogP contribution >= 0.6 is 0 Å². The van der Waals surface area contributed by atoms with Crippen LogP contribution in [0.15, 0.2) is 18.5 Å². The van der Waals surface area contributed by atoms with Crippen LogP contribution in [-0.2, 0) is 16.4 Å². The number of sulfone groups is 1. The van der Waals surface area contributed by atoms with Gasteiger partial charge in [-0.1, -0.05) is 6.92 Å². The lowest BCUT2D eigenvalue weighted by Crippen LogP contribution is -2.23. The summed E-state index contributed by atoms with van der Waals surface area (Å²) in [4.78, 5) is 4.00. The summed E-state index contributed by atoms with van der Waals surface area (Å²) in [5, 5.41) is 3.13.